The van der Waals surface area contributed by atoms with Gasteiger partial charge in [0.15, 0.2) is 5.78 Å². The van der Waals surface area contributed by atoms with E-state index < -0.39 is 0 Å². The zero-order valence-corrected chi connectivity index (χ0v) is 10.7. The summed E-state index contributed by atoms with van der Waals surface area (Å²) < 4.78 is 5.18. The van der Waals surface area contributed by atoms with Gasteiger partial charge in [-0.15, -0.1) is 11.3 Å². The summed E-state index contributed by atoms with van der Waals surface area (Å²) in [5.41, 5.74) is 1.04. The van der Waals surface area contributed by atoms with Crippen molar-refractivity contribution >= 4 is 17.1 Å². The van der Waals surface area contributed by atoms with Crippen LogP contribution in [-0.4, -0.2) is 12.9 Å². The third-order valence-electron chi connectivity index (χ3n) is 2.77. The lowest BCUT2D eigenvalue weighted by Crippen LogP contribution is -2.08. The molecule has 0 spiro atoms. The van der Waals surface area contributed by atoms with Crippen LogP contribution < -0.4 is 4.74 Å². The van der Waals surface area contributed by atoms with Crippen LogP contribution in [0.3, 0.4) is 0 Å². The van der Waals surface area contributed by atoms with Gasteiger partial charge in [0.05, 0.1) is 7.11 Å². The molecule has 88 valence electrons. The minimum Gasteiger partial charge on any atom is -0.495 e. The Morgan fingerprint density at radius 2 is 1.94 bits per heavy atom. The van der Waals surface area contributed by atoms with Crippen LogP contribution in [0, 0.1) is 0 Å². The summed E-state index contributed by atoms with van der Waals surface area (Å²) in [5, 5.41) is 1.88. The van der Waals surface area contributed by atoms with Gasteiger partial charge in [-0.25, -0.2) is 0 Å². The van der Waals surface area contributed by atoms with Crippen LogP contribution in [0.1, 0.15) is 28.1 Å². The Balaban J connectivity index is 2.27. The molecule has 2 nitrogen and oxygen atoms in total. The van der Waals surface area contributed by atoms with E-state index in [1.54, 1.807) is 7.11 Å². The van der Waals surface area contributed by atoms with Gasteiger partial charge in [0, 0.05) is 5.92 Å². The van der Waals surface area contributed by atoms with Crippen LogP contribution in [0.4, 0.5) is 0 Å². The van der Waals surface area contributed by atoms with Crippen molar-refractivity contribution in [3.05, 3.63) is 52.2 Å². The fourth-order valence-electron chi connectivity index (χ4n) is 1.73. The summed E-state index contributed by atoms with van der Waals surface area (Å²) in [4.78, 5) is 13.0. The lowest BCUT2D eigenvalue weighted by Gasteiger charge is -2.10. The molecule has 1 heterocycles. The number of ether oxygens (including phenoxy) is 1. The highest BCUT2D eigenvalue weighted by molar-refractivity contribution is 7.12. The van der Waals surface area contributed by atoms with E-state index in [9.17, 15) is 4.79 Å². The van der Waals surface area contributed by atoms with Crippen molar-refractivity contribution in [2.45, 2.75) is 12.8 Å². The van der Waals surface area contributed by atoms with Crippen LogP contribution in [0.25, 0.3) is 0 Å². The highest BCUT2D eigenvalue weighted by Crippen LogP contribution is 2.30. The van der Waals surface area contributed by atoms with Gasteiger partial charge < -0.3 is 4.74 Å². The van der Waals surface area contributed by atoms with E-state index in [-0.39, 0.29) is 11.7 Å². The molecule has 1 aromatic carbocycles. The number of hydrogen-bond donors (Lipinski definition) is 0. The summed E-state index contributed by atoms with van der Waals surface area (Å²) >= 11 is 1.43. The summed E-state index contributed by atoms with van der Waals surface area (Å²) in [6.45, 7) is 1.93. The van der Waals surface area contributed by atoms with Crippen LogP contribution >= 0.6 is 11.3 Å². The normalized spacial score (nSPS) is 12.1. The lowest BCUT2D eigenvalue weighted by molar-refractivity contribution is 0.0967. The molecule has 0 saturated carbocycles. The number of hydrogen-bond acceptors (Lipinski definition) is 3. The van der Waals surface area contributed by atoms with Gasteiger partial charge in [-0.1, -0.05) is 37.3 Å². The first kappa shape index (κ1) is 11.9. The zero-order chi connectivity index (χ0) is 12.3. The van der Waals surface area contributed by atoms with Crippen molar-refractivity contribution in [3.63, 3.8) is 0 Å². The average molecular weight is 246 g/mol. The van der Waals surface area contributed by atoms with E-state index in [0.29, 0.717) is 10.6 Å². The van der Waals surface area contributed by atoms with E-state index in [1.807, 2.05) is 48.7 Å². The quantitative estimate of drug-likeness (QED) is 0.768. The molecule has 0 bridgehead atoms. The maximum absolute atomic E-state index is 12.3. The van der Waals surface area contributed by atoms with Gasteiger partial charge >= 0.3 is 0 Å². The number of benzene rings is 1. The van der Waals surface area contributed by atoms with Crippen molar-refractivity contribution < 1.29 is 9.53 Å². The molecule has 0 aliphatic heterocycles. The maximum atomic E-state index is 12.3. The second-order valence-corrected chi connectivity index (χ2v) is 4.73. The average Bonchev–Trinajstić information content (AvgIpc) is 2.86. The largest absolute Gasteiger partial charge is 0.495 e. The molecule has 0 aliphatic rings. The molecule has 1 unspecified atom stereocenters. The van der Waals surface area contributed by atoms with Crippen LogP contribution in [0.15, 0.2) is 41.8 Å². The number of ketones is 1. The molecule has 1 atom stereocenters. The summed E-state index contributed by atoms with van der Waals surface area (Å²) in [6.07, 6.45) is 0. The molecule has 0 N–H and O–H groups in total. The van der Waals surface area contributed by atoms with Crippen molar-refractivity contribution in [3.8, 4) is 5.75 Å². The molecular weight excluding hydrogens is 232 g/mol. The van der Waals surface area contributed by atoms with Gasteiger partial charge in [-0.3, -0.25) is 4.79 Å². The van der Waals surface area contributed by atoms with Crippen molar-refractivity contribution in [1.82, 2.24) is 0 Å². The first-order valence-electron chi connectivity index (χ1n) is 5.44. The van der Waals surface area contributed by atoms with E-state index >= 15 is 0 Å². The maximum Gasteiger partial charge on any atom is 0.183 e. The van der Waals surface area contributed by atoms with Gasteiger partial charge in [0.2, 0.25) is 0 Å². The highest BCUT2D eigenvalue weighted by atomic mass is 32.1. The minimum atomic E-state index is -0.135. The Morgan fingerprint density at radius 1 is 1.24 bits per heavy atom. The zero-order valence-electron chi connectivity index (χ0n) is 9.84. The monoisotopic (exact) mass is 246 g/mol. The number of Topliss-reactive ketones (excluding diaryl/α,β-unsaturated/α-hetero) is 1. The first-order valence-corrected chi connectivity index (χ1v) is 6.32. The van der Waals surface area contributed by atoms with Gasteiger partial charge in [0.1, 0.15) is 10.6 Å². The second kappa shape index (κ2) is 5.15. The topological polar surface area (TPSA) is 26.3 Å². The van der Waals surface area contributed by atoms with Gasteiger partial charge in [-0.05, 0) is 17.0 Å². The number of carbonyl (C=O) groups is 1. The molecule has 0 radical (unpaired) electrons. The van der Waals surface area contributed by atoms with Crippen LogP contribution in [0.2, 0.25) is 0 Å². The smallest absolute Gasteiger partial charge is 0.183 e. The molecule has 0 amide bonds. The molecular formula is C14H14O2S. The minimum absolute atomic E-state index is 0.114. The molecule has 3 heteroatoms. The third-order valence-corrected chi connectivity index (χ3v) is 3.68. The van der Waals surface area contributed by atoms with E-state index in [4.69, 9.17) is 4.74 Å². The highest BCUT2D eigenvalue weighted by Gasteiger charge is 2.21. The number of carbonyl (C=O) groups excluding carboxylic acids is 1. The SMILES string of the molecule is COc1ccsc1C(=O)C(C)c1ccccc1. The van der Waals surface area contributed by atoms with Crippen molar-refractivity contribution in [1.29, 1.82) is 0 Å². The number of thiophene rings is 1. The molecule has 0 aliphatic carbocycles. The second-order valence-electron chi connectivity index (χ2n) is 3.81. The molecule has 1 aromatic heterocycles. The Labute approximate surface area is 105 Å². The Kier molecular flexibility index (Phi) is 3.59. The van der Waals surface area contributed by atoms with Crippen LogP contribution in [-0.2, 0) is 0 Å². The van der Waals surface area contributed by atoms with Crippen LogP contribution in [0.5, 0.6) is 5.75 Å². The first-order chi connectivity index (χ1) is 8.24. The predicted molar refractivity (Wildman–Crippen MR) is 70.1 cm³/mol. The summed E-state index contributed by atoms with van der Waals surface area (Å²) in [6, 6.07) is 11.6. The van der Waals surface area contributed by atoms with Gasteiger partial charge in [-0.2, -0.15) is 0 Å². The van der Waals surface area contributed by atoms with E-state index in [2.05, 4.69) is 0 Å². The number of methoxy groups -OCH3 is 1. The summed E-state index contributed by atoms with van der Waals surface area (Å²) in [5.74, 6) is 0.648. The Morgan fingerprint density at radius 3 is 2.59 bits per heavy atom. The molecule has 17 heavy (non-hydrogen) atoms. The molecule has 2 aromatic rings. The number of rotatable bonds is 4. The fourth-order valence-corrected chi connectivity index (χ4v) is 2.62. The Bertz CT molecular complexity index is 502. The van der Waals surface area contributed by atoms with E-state index in [1.165, 1.54) is 11.3 Å². The van der Waals surface area contributed by atoms with Crippen molar-refractivity contribution in [2.75, 3.05) is 7.11 Å². The van der Waals surface area contributed by atoms with Crippen molar-refractivity contribution in [2.24, 2.45) is 0 Å². The van der Waals surface area contributed by atoms with E-state index in [0.717, 1.165) is 5.56 Å². The third kappa shape index (κ3) is 2.39. The lowest BCUT2D eigenvalue weighted by atomic mass is 9.96. The molecule has 2 rings (SSSR count). The predicted octanol–water partition coefficient (Wildman–Crippen LogP) is 3.74. The molecule has 0 fully saturated rings. The standard InChI is InChI=1S/C14H14O2S/c1-10(11-6-4-3-5-7-11)13(15)14-12(16-2)8-9-17-14/h3-10H,1-2H3. The molecule has 0 saturated heterocycles. The van der Waals surface area contributed by atoms with Gasteiger partial charge in [0.25, 0.3) is 0 Å². The Hall–Kier alpha value is -1.61. The fraction of sp³-hybridized carbons (Fsp3) is 0.214. The summed E-state index contributed by atoms with van der Waals surface area (Å²) in [7, 11) is 1.59.